The molecular weight excluding hydrogens is 233 g/mol. The van der Waals surface area contributed by atoms with E-state index in [-0.39, 0.29) is 5.82 Å². The average molecular weight is 240 g/mol. The summed E-state index contributed by atoms with van der Waals surface area (Å²) in [6.07, 6.45) is -3.63. The Balaban J connectivity index is 3.55. The van der Waals surface area contributed by atoms with Crippen LogP contribution in [0.25, 0.3) is 0 Å². The van der Waals surface area contributed by atoms with E-state index in [2.05, 4.69) is 9.97 Å². The predicted octanol–water partition coefficient (Wildman–Crippen LogP) is 1.21. The monoisotopic (exact) mass is 240 g/mol. The van der Waals surface area contributed by atoms with Gasteiger partial charge in [0.15, 0.2) is 14.9 Å². The Hall–Kier alpha value is -1.18. The van der Waals surface area contributed by atoms with Crippen molar-refractivity contribution in [1.82, 2.24) is 9.97 Å². The quantitative estimate of drug-likeness (QED) is 0.692. The number of sulfone groups is 1. The van der Waals surface area contributed by atoms with Crippen molar-refractivity contribution in [1.29, 1.82) is 0 Å². The molecule has 1 rings (SSSR count). The molecule has 1 heterocycles. The average Bonchev–Trinajstić information content (AvgIpc) is 2.00. The lowest BCUT2D eigenvalue weighted by Crippen LogP contribution is -2.15. The maximum Gasteiger partial charge on any atom is 0.420 e. The van der Waals surface area contributed by atoms with Gasteiger partial charge in [0.1, 0.15) is 11.4 Å². The molecule has 1 aromatic rings. The first-order chi connectivity index (χ1) is 6.62. The molecule has 0 aliphatic heterocycles. The summed E-state index contributed by atoms with van der Waals surface area (Å²) in [4.78, 5) is 6.62. The highest BCUT2D eigenvalue weighted by Gasteiger charge is 2.37. The minimum Gasteiger partial charge on any atom is -0.241 e. The van der Waals surface area contributed by atoms with E-state index in [4.69, 9.17) is 0 Å². The number of hydrogen-bond donors (Lipinski definition) is 0. The molecule has 0 N–H and O–H groups in total. The van der Waals surface area contributed by atoms with Crippen molar-refractivity contribution in [3.63, 3.8) is 0 Å². The van der Waals surface area contributed by atoms with Crippen molar-refractivity contribution in [3.8, 4) is 0 Å². The smallest absolute Gasteiger partial charge is 0.241 e. The largest absolute Gasteiger partial charge is 0.420 e. The van der Waals surface area contributed by atoms with Crippen molar-refractivity contribution < 1.29 is 21.6 Å². The van der Waals surface area contributed by atoms with Crippen LogP contribution >= 0.6 is 0 Å². The second-order valence-corrected chi connectivity index (χ2v) is 4.84. The van der Waals surface area contributed by atoms with E-state index in [1.54, 1.807) is 0 Å². The molecule has 0 radical (unpaired) electrons. The van der Waals surface area contributed by atoms with Crippen LogP contribution in [0.4, 0.5) is 13.2 Å². The zero-order chi connectivity index (χ0) is 11.9. The molecule has 4 nitrogen and oxygen atoms in total. The third-order valence-electron chi connectivity index (χ3n) is 1.53. The van der Waals surface area contributed by atoms with E-state index in [1.807, 2.05) is 0 Å². The zero-order valence-corrected chi connectivity index (χ0v) is 8.65. The normalized spacial score (nSPS) is 12.9. The Kier molecular flexibility index (Phi) is 2.73. The maximum atomic E-state index is 12.4. The van der Waals surface area contributed by atoms with E-state index in [1.165, 1.54) is 6.92 Å². The van der Waals surface area contributed by atoms with Crippen molar-refractivity contribution in [2.24, 2.45) is 0 Å². The molecule has 0 spiro atoms. The van der Waals surface area contributed by atoms with Crippen LogP contribution in [0.3, 0.4) is 0 Å². The molecule has 0 saturated heterocycles. The second kappa shape index (κ2) is 3.44. The fourth-order valence-corrected chi connectivity index (χ4v) is 1.79. The summed E-state index contributed by atoms with van der Waals surface area (Å²) in [6.45, 7) is 1.31. The molecule has 0 aromatic carbocycles. The summed E-state index contributed by atoms with van der Waals surface area (Å²) in [5, 5.41) is -0.984. The van der Waals surface area contributed by atoms with Gasteiger partial charge in [-0.2, -0.15) is 13.2 Å². The molecule has 0 unspecified atom stereocenters. The fourth-order valence-electron chi connectivity index (χ4n) is 0.926. The highest BCUT2D eigenvalue weighted by molar-refractivity contribution is 7.90. The molecule has 15 heavy (non-hydrogen) atoms. The molecule has 0 bridgehead atoms. The Morgan fingerprint density at radius 2 is 1.87 bits per heavy atom. The molecule has 0 amide bonds. The second-order valence-electron chi connectivity index (χ2n) is 2.91. The molecule has 0 aliphatic carbocycles. The summed E-state index contributed by atoms with van der Waals surface area (Å²) >= 11 is 0. The van der Waals surface area contributed by atoms with Crippen molar-refractivity contribution in [2.75, 3.05) is 6.26 Å². The number of alkyl halides is 3. The summed E-state index contributed by atoms with van der Waals surface area (Å²) < 4.78 is 59.2. The predicted molar refractivity (Wildman–Crippen MR) is 44.9 cm³/mol. The molecule has 0 fully saturated rings. The van der Waals surface area contributed by atoms with E-state index in [0.29, 0.717) is 12.5 Å². The lowest BCUT2D eigenvalue weighted by molar-refractivity contribution is -0.140. The number of aromatic nitrogens is 2. The summed E-state index contributed by atoms with van der Waals surface area (Å²) in [5.41, 5.74) is -1.34. The van der Waals surface area contributed by atoms with Crippen LogP contribution in [0.15, 0.2) is 11.2 Å². The number of hydrogen-bond acceptors (Lipinski definition) is 4. The van der Waals surface area contributed by atoms with Crippen LogP contribution in [0, 0.1) is 6.92 Å². The standard InChI is InChI=1S/C7H7F3N2O2S/c1-4-11-3-5(7(8,9)10)6(12-4)15(2,13)14/h3H,1-2H3. The van der Waals surface area contributed by atoms with Crippen LogP contribution in [0.2, 0.25) is 0 Å². The van der Waals surface area contributed by atoms with Gasteiger partial charge in [0.25, 0.3) is 0 Å². The van der Waals surface area contributed by atoms with E-state index < -0.39 is 26.6 Å². The van der Waals surface area contributed by atoms with Gasteiger partial charge in [0, 0.05) is 12.5 Å². The Bertz CT molecular complexity index is 481. The van der Waals surface area contributed by atoms with Gasteiger partial charge >= 0.3 is 6.18 Å². The number of rotatable bonds is 1. The van der Waals surface area contributed by atoms with Crippen molar-refractivity contribution in [2.45, 2.75) is 18.1 Å². The Labute approximate surface area is 84.1 Å². The summed E-state index contributed by atoms with van der Waals surface area (Å²) in [5.74, 6) is -0.0246. The number of nitrogens with zero attached hydrogens (tertiary/aromatic N) is 2. The van der Waals surface area contributed by atoms with E-state index >= 15 is 0 Å². The fraction of sp³-hybridized carbons (Fsp3) is 0.429. The first-order valence-corrected chi connectivity index (χ1v) is 5.62. The van der Waals surface area contributed by atoms with Crippen LogP contribution in [-0.4, -0.2) is 24.6 Å². The third-order valence-corrected chi connectivity index (χ3v) is 2.54. The molecule has 1 aromatic heterocycles. The summed E-state index contributed by atoms with van der Waals surface area (Å²) in [6, 6.07) is 0. The van der Waals surface area contributed by atoms with Crippen LogP contribution in [0.5, 0.6) is 0 Å². The van der Waals surface area contributed by atoms with Gasteiger partial charge in [-0.25, -0.2) is 18.4 Å². The summed E-state index contributed by atoms with van der Waals surface area (Å²) in [7, 11) is -4.01. The van der Waals surface area contributed by atoms with Gasteiger partial charge in [-0.05, 0) is 6.92 Å². The van der Waals surface area contributed by atoms with Crippen LogP contribution in [0.1, 0.15) is 11.4 Å². The van der Waals surface area contributed by atoms with Gasteiger partial charge in [-0.3, -0.25) is 0 Å². The van der Waals surface area contributed by atoms with Crippen LogP contribution in [-0.2, 0) is 16.0 Å². The lowest BCUT2D eigenvalue weighted by Gasteiger charge is -2.10. The van der Waals surface area contributed by atoms with Crippen molar-refractivity contribution >= 4 is 9.84 Å². The van der Waals surface area contributed by atoms with Crippen LogP contribution < -0.4 is 0 Å². The first-order valence-electron chi connectivity index (χ1n) is 3.73. The Morgan fingerprint density at radius 3 is 2.27 bits per heavy atom. The third kappa shape index (κ3) is 2.65. The highest BCUT2D eigenvalue weighted by Crippen LogP contribution is 2.32. The molecule has 8 heteroatoms. The molecule has 84 valence electrons. The maximum absolute atomic E-state index is 12.4. The van der Waals surface area contributed by atoms with Gasteiger partial charge in [-0.15, -0.1) is 0 Å². The highest BCUT2D eigenvalue weighted by atomic mass is 32.2. The lowest BCUT2D eigenvalue weighted by atomic mass is 10.3. The van der Waals surface area contributed by atoms with Crippen molar-refractivity contribution in [3.05, 3.63) is 17.6 Å². The van der Waals surface area contributed by atoms with E-state index in [9.17, 15) is 21.6 Å². The molecule has 0 aliphatic rings. The van der Waals surface area contributed by atoms with Gasteiger partial charge in [-0.1, -0.05) is 0 Å². The minimum absolute atomic E-state index is 0.0246. The first kappa shape index (κ1) is 11.9. The van der Waals surface area contributed by atoms with Gasteiger partial charge in [0.2, 0.25) is 0 Å². The number of halogens is 3. The molecule has 0 atom stereocenters. The Morgan fingerprint density at radius 1 is 1.33 bits per heavy atom. The minimum atomic E-state index is -4.77. The SMILES string of the molecule is Cc1ncc(C(F)(F)F)c(S(C)(=O)=O)n1. The topological polar surface area (TPSA) is 59.9 Å². The molecular formula is C7H7F3N2O2S. The molecule has 0 saturated carbocycles. The van der Waals surface area contributed by atoms with Gasteiger partial charge in [0.05, 0.1) is 0 Å². The zero-order valence-electron chi connectivity index (χ0n) is 7.83. The number of aryl methyl sites for hydroxylation is 1. The van der Waals surface area contributed by atoms with Gasteiger partial charge < -0.3 is 0 Å². The van der Waals surface area contributed by atoms with E-state index in [0.717, 1.165) is 0 Å².